The Kier molecular flexibility index (Phi) is 16.8. The van der Waals surface area contributed by atoms with Crippen LogP contribution >= 0.6 is 34.5 Å². The highest BCUT2D eigenvalue weighted by molar-refractivity contribution is 7.15. The summed E-state index contributed by atoms with van der Waals surface area (Å²) >= 11 is 13.5. The van der Waals surface area contributed by atoms with Crippen LogP contribution < -0.4 is 15.5 Å². The van der Waals surface area contributed by atoms with Crippen LogP contribution in [0.1, 0.15) is 109 Å². The number of phenols is 1. The van der Waals surface area contributed by atoms with Gasteiger partial charge in [-0.25, -0.2) is 9.97 Å². The number of aromatic hydroxyl groups is 1. The lowest BCUT2D eigenvalue weighted by Crippen LogP contribution is -2.63. The van der Waals surface area contributed by atoms with Crippen molar-refractivity contribution < 1.29 is 28.9 Å². The molecule has 1 saturated heterocycles. The van der Waals surface area contributed by atoms with Crippen molar-refractivity contribution in [1.29, 1.82) is 5.26 Å². The number of amides is 2. The van der Waals surface area contributed by atoms with Gasteiger partial charge in [0.2, 0.25) is 11.9 Å². The van der Waals surface area contributed by atoms with E-state index in [1.807, 2.05) is 41.8 Å². The highest BCUT2D eigenvalue weighted by atomic mass is 35.5. The highest BCUT2D eigenvalue weighted by Gasteiger charge is 2.53. The van der Waals surface area contributed by atoms with Crippen LogP contribution in [0.25, 0.3) is 5.00 Å². The van der Waals surface area contributed by atoms with Crippen LogP contribution in [0.2, 0.25) is 10.0 Å². The fourth-order valence-corrected chi connectivity index (χ4v) is 11.1. The second kappa shape index (κ2) is 22.5. The van der Waals surface area contributed by atoms with Crippen LogP contribution in [0.15, 0.2) is 59.9 Å². The molecule has 16 nitrogen and oxygen atoms in total. The SMILES string of the molecule is Cc1sc2c(c1C)C(c1ccc(Cl)cc1)=NC(CC(=O)NCCOCCOCCOC1CCN(c3ncc(C(=O)NC4C(C)(C)CC4(C)C)cn3)CC1)c1nnc(C)n1-2.N#Cc1ccc(O)cc1Cl. The van der Waals surface area contributed by atoms with Gasteiger partial charge in [0, 0.05) is 59.1 Å². The monoisotopic (exact) mass is 998 g/mol. The molecule has 5 aromatic rings. The molecule has 1 aliphatic carbocycles. The van der Waals surface area contributed by atoms with E-state index in [4.69, 9.17) is 52.8 Å². The molecule has 3 aromatic heterocycles. The molecule has 0 radical (unpaired) electrons. The van der Waals surface area contributed by atoms with E-state index >= 15 is 0 Å². The fraction of sp³-hybridized carbons (Fsp3) is 0.480. The van der Waals surface area contributed by atoms with Gasteiger partial charge < -0.3 is 34.9 Å². The number of aryl methyl sites for hydroxylation is 2. The van der Waals surface area contributed by atoms with Gasteiger partial charge in [-0.1, -0.05) is 63.0 Å². The molecule has 2 fully saturated rings. The molecule has 5 heterocycles. The lowest BCUT2D eigenvalue weighted by atomic mass is 9.52. The molecular weight excluding hydrogens is 940 g/mol. The molecule has 366 valence electrons. The van der Waals surface area contributed by atoms with Crippen LogP contribution in [-0.2, 0) is 19.0 Å². The van der Waals surface area contributed by atoms with Crippen molar-refractivity contribution in [3.8, 4) is 16.8 Å². The number of aromatic nitrogens is 5. The zero-order valence-corrected chi connectivity index (χ0v) is 42.5. The van der Waals surface area contributed by atoms with Gasteiger partial charge in [-0.3, -0.25) is 19.1 Å². The van der Waals surface area contributed by atoms with Crippen molar-refractivity contribution in [1.82, 2.24) is 35.4 Å². The Morgan fingerprint density at radius 1 is 0.928 bits per heavy atom. The Bertz CT molecular complexity index is 2660. The van der Waals surface area contributed by atoms with Crippen molar-refractivity contribution >= 4 is 58.0 Å². The predicted molar refractivity (Wildman–Crippen MR) is 267 cm³/mol. The number of piperidine rings is 1. The van der Waals surface area contributed by atoms with Gasteiger partial charge >= 0.3 is 0 Å². The number of nitriles is 1. The van der Waals surface area contributed by atoms with Crippen LogP contribution in [0.5, 0.6) is 5.75 Å². The average Bonchev–Trinajstić information content (AvgIpc) is 3.80. The van der Waals surface area contributed by atoms with E-state index in [1.54, 1.807) is 23.7 Å². The summed E-state index contributed by atoms with van der Waals surface area (Å²) in [4.78, 5) is 43.7. The number of halogens is 2. The largest absolute Gasteiger partial charge is 0.508 e. The summed E-state index contributed by atoms with van der Waals surface area (Å²) in [6.07, 6.45) is 6.30. The maximum atomic E-state index is 13.2. The first-order valence-corrected chi connectivity index (χ1v) is 24.7. The Balaban J connectivity index is 0.000000625. The minimum Gasteiger partial charge on any atom is -0.508 e. The second-order valence-electron chi connectivity index (χ2n) is 18.8. The van der Waals surface area contributed by atoms with Gasteiger partial charge in [-0.15, -0.1) is 21.5 Å². The summed E-state index contributed by atoms with van der Waals surface area (Å²) < 4.78 is 19.6. The molecule has 2 aromatic carbocycles. The van der Waals surface area contributed by atoms with Gasteiger partial charge in [-0.05, 0) is 86.8 Å². The van der Waals surface area contributed by atoms with E-state index < -0.39 is 6.04 Å². The third-order valence-electron chi connectivity index (χ3n) is 12.7. The number of rotatable bonds is 16. The summed E-state index contributed by atoms with van der Waals surface area (Å²) in [5.41, 5.74) is 4.92. The third kappa shape index (κ3) is 12.5. The van der Waals surface area contributed by atoms with Gasteiger partial charge in [0.15, 0.2) is 5.82 Å². The average molecular weight is 1000 g/mol. The lowest BCUT2D eigenvalue weighted by Gasteiger charge is -2.57. The van der Waals surface area contributed by atoms with E-state index in [0.29, 0.717) is 67.5 Å². The number of carbonyl (C=O) groups is 2. The molecule has 19 heteroatoms. The normalized spacial score (nSPS) is 17.2. The molecule has 2 aliphatic heterocycles. The van der Waals surface area contributed by atoms with Crippen molar-refractivity contribution in [2.24, 2.45) is 15.8 Å². The first-order valence-electron chi connectivity index (χ1n) is 23.1. The summed E-state index contributed by atoms with van der Waals surface area (Å²) in [5.74, 6) is 1.82. The number of hydrogen-bond acceptors (Lipinski definition) is 14. The minimum atomic E-state index is -0.532. The Labute approximate surface area is 417 Å². The highest BCUT2D eigenvalue weighted by Crippen LogP contribution is 2.53. The number of hydrogen-bond donors (Lipinski definition) is 3. The van der Waals surface area contributed by atoms with E-state index in [0.717, 1.165) is 65.6 Å². The first kappa shape index (κ1) is 51.4. The standard InChI is InChI=1S/C43H56ClN9O5S.C7H4ClNO/c1-26-27(2)59-39-35(26)36(29-8-10-31(44)11-9-29)48-33(37-51-50-28(3)53(37)39)22-34(54)45-14-17-56-18-19-57-20-21-58-32-12-15-52(16-13-32)41-46-23-30(24-47-41)38(55)49-40-42(4,5)25-43(40,6)7;8-7-3-6(10)2-1-5(7)4-9/h8-11,23-24,32-33,40H,12-22,25H2,1-7H3,(H,45,54)(H,49,55);1-3,10H. The van der Waals surface area contributed by atoms with Crippen molar-refractivity contribution in [3.63, 3.8) is 0 Å². The van der Waals surface area contributed by atoms with Crippen LogP contribution in [0.4, 0.5) is 5.95 Å². The molecular formula is C50H60Cl2N10O6S. The molecule has 3 N–H and O–H groups in total. The number of ether oxygens (including phenoxy) is 3. The summed E-state index contributed by atoms with van der Waals surface area (Å²) in [5, 5.41) is 34.2. The molecule has 1 unspecified atom stereocenters. The topological polar surface area (TPSA) is 202 Å². The number of aliphatic imine (C=N–C) groups is 1. The van der Waals surface area contributed by atoms with Gasteiger partial charge in [-0.2, -0.15) is 5.26 Å². The van der Waals surface area contributed by atoms with Gasteiger partial charge in [0.25, 0.3) is 5.91 Å². The maximum Gasteiger partial charge on any atom is 0.254 e. The second-order valence-corrected chi connectivity index (χ2v) is 20.9. The first-order chi connectivity index (χ1) is 32.9. The quantitative estimate of drug-likeness (QED) is 0.0800. The number of thiophene rings is 1. The van der Waals surface area contributed by atoms with Crippen molar-refractivity contribution in [2.45, 2.75) is 92.3 Å². The Hall–Kier alpha value is -5.48. The molecule has 3 aliphatic rings. The van der Waals surface area contributed by atoms with Gasteiger partial charge in [0.05, 0.1) is 67.4 Å². The number of anilines is 1. The number of fused-ring (bicyclic) bond motifs is 3. The predicted octanol–water partition coefficient (Wildman–Crippen LogP) is 8.29. The van der Waals surface area contributed by atoms with E-state index in [9.17, 15) is 9.59 Å². The molecule has 69 heavy (non-hydrogen) atoms. The van der Waals surface area contributed by atoms with E-state index in [2.05, 4.69) is 77.2 Å². The lowest BCUT2D eigenvalue weighted by molar-refractivity contribution is -0.121. The fourth-order valence-electron chi connectivity index (χ4n) is 9.57. The molecule has 1 atom stereocenters. The summed E-state index contributed by atoms with van der Waals surface area (Å²) in [6.45, 7) is 19.0. The number of benzene rings is 2. The Morgan fingerprint density at radius 2 is 1.59 bits per heavy atom. The Morgan fingerprint density at radius 3 is 2.25 bits per heavy atom. The molecule has 0 spiro atoms. The smallest absolute Gasteiger partial charge is 0.254 e. The van der Waals surface area contributed by atoms with Crippen LogP contribution in [-0.4, -0.2) is 112 Å². The van der Waals surface area contributed by atoms with Crippen molar-refractivity contribution in [2.75, 3.05) is 57.6 Å². The summed E-state index contributed by atoms with van der Waals surface area (Å²) in [7, 11) is 0. The summed E-state index contributed by atoms with van der Waals surface area (Å²) in [6, 6.07) is 13.3. The van der Waals surface area contributed by atoms with E-state index in [1.165, 1.54) is 23.1 Å². The van der Waals surface area contributed by atoms with Crippen LogP contribution in [0.3, 0.4) is 0 Å². The minimum absolute atomic E-state index is 0.0731. The van der Waals surface area contributed by atoms with E-state index in [-0.39, 0.29) is 52.0 Å². The number of nitrogens with zero attached hydrogens (tertiary/aromatic N) is 8. The molecule has 0 bridgehead atoms. The van der Waals surface area contributed by atoms with Gasteiger partial charge in [0.1, 0.15) is 28.7 Å². The number of phenolic OH excluding ortho intramolecular Hbond substituents is 1. The molecule has 1 saturated carbocycles. The maximum absolute atomic E-state index is 13.2. The zero-order chi connectivity index (χ0) is 49.5. The van der Waals surface area contributed by atoms with Crippen LogP contribution in [0, 0.1) is 42.9 Å². The molecule has 2 amide bonds. The number of nitrogens with one attached hydrogen (secondary N) is 2. The zero-order valence-electron chi connectivity index (χ0n) is 40.1. The van der Waals surface area contributed by atoms with Crippen molar-refractivity contribution in [3.05, 3.63) is 109 Å². The molecule has 8 rings (SSSR count). The third-order valence-corrected chi connectivity index (χ3v) is 14.5. The number of carbonyl (C=O) groups excluding carboxylic acids is 2.